The van der Waals surface area contributed by atoms with E-state index in [2.05, 4.69) is 0 Å². The summed E-state index contributed by atoms with van der Waals surface area (Å²) in [6.45, 7) is 0.709. The summed E-state index contributed by atoms with van der Waals surface area (Å²) in [6.07, 6.45) is 1.68. The number of rotatable bonds is 6. The number of nitrogens with zero attached hydrogens (tertiary/aromatic N) is 1. The van der Waals surface area contributed by atoms with Gasteiger partial charge in [0.15, 0.2) is 11.5 Å². The summed E-state index contributed by atoms with van der Waals surface area (Å²) in [5, 5.41) is -0.348. The van der Waals surface area contributed by atoms with E-state index >= 15 is 0 Å². The average Bonchev–Trinajstić information content (AvgIpc) is 3.39. The molecule has 2 aliphatic heterocycles. The van der Waals surface area contributed by atoms with Crippen molar-refractivity contribution in [3.8, 4) is 17.2 Å². The fourth-order valence-electron chi connectivity index (χ4n) is 3.42. The number of fused-ring (bicyclic) bond motifs is 1. The number of hydrogen-bond acceptors (Lipinski definition) is 6. The Balaban J connectivity index is 1.22. The number of imide groups is 1. The first-order valence-electron chi connectivity index (χ1n) is 10.2. The molecular formula is C25H18FNO5S. The van der Waals surface area contributed by atoms with Crippen molar-refractivity contribution in [3.63, 3.8) is 0 Å². The number of benzene rings is 3. The maximum absolute atomic E-state index is 13.1. The summed E-state index contributed by atoms with van der Waals surface area (Å²) in [5.41, 5.74) is 2.42. The van der Waals surface area contributed by atoms with Gasteiger partial charge in [-0.05, 0) is 70.9 Å². The monoisotopic (exact) mass is 463 g/mol. The molecule has 0 unspecified atom stereocenters. The molecule has 0 saturated carbocycles. The molecule has 0 bridgehead atoms. The molecule has 0 spiro atoms. The van der Waals surface area contributed by atoms with E-state index in [0.717, 1.165) is 33.5 Å². The molecule has 0 N–H and O–H groups in total. The van der Waals surface area contributed by atoms with Gasteiger partial charge in [0.05, 0.1) is 11.4 Å². The standard InChI is InChI=1S/C25H18FNO5S/c26-19-6-1-17(2-7-19)13-27-24(28)23(33-25(27)29)12-16-3-8-20(9-4-16)30-14-18-5-10-21-22(11-18)32-15-31-21/h1-12H,13-15H2/b23-12+. The van der Waals surface area contributed by atoms with Crippen LogP contribution < -0.4 is 14.2 Å². The van der Waals surface area contributed by atoms with Crippen LogP contribution in [-0.2, 0) is 17.9 Å². The van der Waals surface area contributed by atoms with Gasteiger partial charge in [-0.15, -0.1) is 0 Å². The summed E-state index contributed by atoms with van der Waals surface area (Å²) >= 11 is 0.892. The number of carbonyl (C=O) groups excluding carboxylic acids is 2. The Hall–Kier alpha value is -3.78. The quantitative estimate of drug-likeness (QED) is 0.458. The van der Waals surface area contributed by atoms with Crippen LogP contribution in [0.25, 0.3) is 6.08 Å². The average molecular weight is 463 g/mol. The van der Waals surface area contributed by atoms with Crippen LogP contribution in [0, 0.1) is 5.82 Å². The second-order valence-electron chi connectivity index (χ2n) is 7.44. The van der Waals surface area contributed by atoms with Gasteiger partial charge in [0.25, 0.3) is 11.1 Å². The zero-order chi connectivity index (χ0) is 22.8. The minimum absolute atomic E-state index is 0.106. The van der Waals surface area contributed by atoms with Crippen LogP contribution in [0.5, 0.6) is 17.2 Å². The van der Waals surface area contributed by atoms with Crippen molar-refractivity contribution >= 4 is 29.0 Å². The Morgan fingerprint density at radius 3 is 2.45 bits per heavy atom. The third-order valence-corrected chi connectivity index (χ3v) is 6.06. The Bertz CT molecular complexity index is 1240. The number of amides is 2. The highest BCUT2D eigenvalue weighted by atomic mass is 32.2. The van der Waals surface area contributed by atoms with Crippen LogP contribution in [-0.4, -0.2) is 22.8 Å². The fourth-order valence-corrected chi connectivity index (χ4v) is 4.26. The topological polar surface area (TPSA) is 65.1 Å². The first kappa shape index (κ1) is 21.1. The second-order valence-corrected chi connectivity index (χ2v) is 8.43. The predicted octanol–water partition coefficient (Wildman–Crippen LogP) is 5.37. The summed E-state index contributed by atoms with van der Waals surface area (Å²) < 4.78 is 29.6. The normalized spacial score (nSPS) is 16.0. The molecule has 0 atom stereocenters. The van der Waals surface area contributed by atoms with Crippen molar-refractivity contribution in [2.45, 2.75) is 13.2 Å². The molecule has 2 aliphatic rings. The first-order valence-corrected chi connectivity index (χ1v) is 11.0. The van der Waals surface area contributed by atoms with Crippen molar-refractivity contribution in [2.75, 3.05) is 6.79 Å². The summed E-state index contributed by atoms with van der Waals surface area (Å²) in [7, 11) is 0. The molecule has 33 heavy (non-hydrogen) atoms. The second kappa shape index (κ2) is 8.99. The van der Waals surface area contributed by atoms with E-state index in [4.69, 9.17) is 14.2 Å². The van der Waals surface area contributed by atoms with Gasteiger partial charge in [0.2, 0.25) is 6.79 Å². The van der Waals surface area contributed by atoms with E-state index < -0.39 is 0 Å². The third kappa shape index (κ3) is 4.70. The van der Waals surface area contributed by atoms with Crippen LogP contribution in [0.3, 0.4) is 0 Å². The zero-order valence-corrected chi connectivity index (χ0v) is 18.1. The zero-order valence-electron chi connectivity index (χ0n) is 17.3. The van der Waals surface area contributed by atoms with E-state index in [-0.39, 0.29) is 30.3 Å². The molecular weight excluding hydrogens is 445 g/mol. The Morgan fingerprint density at radius 1 is 0.939 bits per heavy atom. The highest BCUT2D eigenvalue weighted by Crippen LogP contribution is 2.34. The lowest BCUT2D eigenvalue weighted by Crippen LogP contribution is -2.27. The molecule has 166 valence electrons. The lowest BCUT2D eigenvalue weighted by molar-refractivity contribution is -0.123. The van der Waals surface area contributed by atoms with Crippen LogP contribution in [0.2, 0.25) is 0 Å². The summed E-state index contributed by atoms with van der Waals surface area (Å²) in [6, 6.07) is 18.7. The molecule has 1 fully saturated rings. The Kier molecular flexibility index (Phi) is 5.75. The van der Waals surface area contributed by atoms with Crippen LogP contribution in [0.1, 0.15) is 16.7 Å². The van der Waals surface area contributed by atoms with Crippen molar-refractivity contribution < 1.29 is 28.2 Å². The lowest BCUT2D eigenvalue weighted by atomic mass is 10.2. The van der Waals surface area contributed by atoms with Crippen LogP contribution >= 0.6 is 11.8 Å². The summed E-state index contributed by atoms with van der Waals surface area (Å²) in [5.74, 6) is 1.38. The summed E-state index contributed by atoms with van der Waals surface area (Å²) in [4.78, 5) is 26.5. The van der Waals surface area contributed by atoms with E-state index in [1.807, 2.05) is 42.5 Å². The van der Waals surface area contributed by atoms with Crippen molar-refractivity contribution in [1.82, 2.24) is 4.90 Å². The third-order valence-electron chi connectivity index (χ3n) is 5.15. The van der Waals surface area contributed by atoms with Crippen molar-refractivity contribution in [3.05, 3.63) is 94.1 Å². The van der Waals surface area contributed by atoms with Gasteiger partial charge in [-0.25, -0.2) is 4.39 Å². The van der Waals surface area contributed by atoms with E-state index in [1.165, 1.54) is 12.1 Å². The van der Waals surface area contributed by atoms with Gasteiger partial charge in [-0.2, -0.15) is 0 Å². The molecule has 1 saturated heterocycles. The molecule has 6 nitrogen and oxygen atoms in total. The van der Waals surface area contributed by atoms with Crippen molar-refractivity contribution in [1.29, 1.82) is 0 Å². The Labute approximate surface area is 193 Å². The number of ether oxygens (including phenoxy) is 3. The molecule has 8 heteroatoms. The SMILES string of the molecule is O=C1S/C(=C/c2ccc(OCc3ccc4c(c3)OCO4)cc2)C(=O)N1Cc1ccc(F)cc1. The number of carbonyl (C=O) groups is 2. The molecule has 0 aromatic heterocycles. The van der Waals surface area contributed by atoms with Gasteiger partial charge >= 0.3 is 0 Å². The van der Waals surface area contributed by atoms with Gasteiger partial charge in [0, 0.05) is 0 Å². The van der Waals surface area contributed by atoms with Gasteiger partial charge < -0.3 is 14.2 Å². The molecule has 2 amide bonds. The van der Waals surface area contributed by atoms with Crippen molar-refractivity contribution in [2.24, 2.45) is 0 Å². The maximum Gasteiger partial charge on any atom is 0.293 e. The largest absolute Gasteiger partial charge is 0.489 e. The molecule has 0 radical (unpaired) electrons. The predicted molar refractivity (Wildman–Crippen MR) is 121 cm³/mol. The number of thioether (sulfide) groups is 1. The van der Waals surface area contributed by atoms with Crippen LogP contribution in [0.4, 0.5) is 9.18 Å². The number of hydrogen-bond donors (Lipinski definition) is 0. The van der Waals surface area contributed by atoms with E-state index in [1.54, 1.807) is 18.2 Å². The molecule has 0 aliphatic carbocycles. The van der Waals surface area contributed by atoms with Gasteiger partial charge in [-0.3, -0.25) is 14.5 Å². The molecule has 3 aromatic carbocycles. The highest BCUT2D eigenvalue weighted by Gasteiger charge is 2.34. The lowest BCUT2D eigenvalue weighted by Gasteiger charge is -2.12. The number of halogens is 1. The van der Waals surface area contributed by atoms with Crippen LogP contribution in [0.15, 0.2) is 71.6 Å². The fraction of sp³-hybridized carbons (Fsp3) is 0.120. The van der Waals surface area contributed by atoms with Gasteiger partial charge in [-0.1, -0.05) is 30.3 Å². The first-order chi connectivity index (χ1) is 16.0. The minimum Gasteiger partial charge on any atom is -0.489 e. The molecule has 5 rings (SSSR count). The Morgan fingerprint density at radius 2 is 1.67 bits per heavy atom. The minimum atomic E-state index is -0.365. The molecule has 3 aromatic rings. The van der Waals surface area contributed by atoms with Gasteiger partial charge in [0.1, 0.15) is 18.2 Å². The molecule has 2 heterocycles. The smallest absolute Gasteiger partial charge is 0.293 e. The van der Waals surface area contributed by atoms with E-state index in [9.17, 15) is 14.0 Å². The highest BCUT2D eigenvalue weighted by molar-refractivity contribution is 8.18. The van der Waals surface area contributed by atoms with E-state index in [0.29, 0.717) is 28.6 Å². The maximum atomic E-state index is 13.1.